The number of para-hydroxylation sites is 1. The third kappa shape index (κ3) is 5.12. The summed E-state index contributed by atoms with van der Waals surface area (Å²) in [5, 5.41) is 5.78. The van der Waals surface area contributed by atoms with E-state index in [9.17, 15) is 9.59 Å². The average Bonchev–Trinajstić information content (AvgIpc) is 3.14. The molecule has 2 amide bonds. The minimum atomic E-state index is -0.689. The Bertz CT molecular complexity index is 1050. The SMILES string of the molecule is CCOc1ccccc1C(=O)NC(C(=O)Nc1ccc2nc(SC)sc2c1)C(C)C. The second-order valence-electron chi connectivity index (χ2n) is 6.98. The van der Waals surface area contributed by atoms with E-state index in [4.69, 9.17) is 4.74 Å². The molecule has 1 aromatic heterocycles. The van der Waals surface area contributed by atoms with E-state index in [1.54, 1.807) is 41.3 Å². The standard InChI is InChI=1S/C22H25N3O3S2/c1-5-28-17-9-7-6-8-15(17)20(26)25-19(13(2)3)21(27)23-14-10-11-16-18(12-14)30-22(24-16)29-4/h6-13,19H,5H2,1-4H3,(H,23,27)(H,25,26). The molecule has 2 aromatic carbocycles. The number of thiazole rings is 1. The Balaban J connectivity index is 1.76. The predicted molar refractivity (Wildman–Crippen MR) is 124 cm³/mol. The van der Waals surface area contributed by atoms with Gasteiger partial charge in [-0.05, 0) is 49.4 Å². The molecule has 0 radical (unpaired) electrons. The zero-order chi connectivity index (χ0) is 21.7. The smallest absolute Gasteiger partial charge is 0.255 e. The highest BCUT2D eigenvalue weighted by Crippen LogP contribution is 2.30. The predicted octanol–water partition coefficient (Wildman–Crippen LogP) is 4.81. The van der Waals surface area contributed by atoms with E-state index in [2.05, 4.69) is 15.6 Å². The van der Waals surface area contributed by atoms with Crippen LogP contribution >= 0.6 is 23.1 Å². The fourth-order valence-electron chi connectivity index (χ4n) is 2.98. The van der Waals surface area contributed by atoms with Gasteiger partial charge in [0.2, 0.25) is 5.91 Å². The molecule has 0 bridgehead atoms. The van der Waals surface area contributed by atoms with Crippen molar-refractivity contribution in [3.63, 3.8) is 0 Å². The van der Waals surface area contributed by atoms with Crippen LogP contribution in [0.15, 0.2) is 46.8 Å². The van der Waals surface area contributed by atoms with Gasteiger partial charge < -0.3 is 15.4 Å². The lowest BCUT2D eigenvalue weighted by Crippen LogP contribution is -2.47. The zero-order valence-corrected chi connectivity index (χ0v) is 19.0. The number of hydrogen-bond acceptors (Lipinski definition) is 6. The Morgan fingerprint density at radius 3 is 2.67 bits per heavy atom. The molecule has 0 aliphatic heterocycles. The highest BCUT2D eigenvalue weighted by atomic mass is 32.2. The molecule has 2 N–H and O–H groups in total. The minimum absolute atomic E-state index is 0.0940. The van der Waals surface area contributed by atoms with Crippen LogP contribution in [0, 0.1) is 5.92 Å². The first-order chi connectivity index (χ1) is 14.4. The summed E-state index contributed by atoms with van der Waals surface area (Å²) in [5.74, 6) is -0.194. The topological polar surface area (TPSA) is 80.3 Å². The number of fused-ring (bicyclic) bond motifs is 1. The van der Waals surface area contributed by atoms with Crippen molar-refractivity contribution in [1.82, 2.24) is 10.3 Å². The van der Waals surface area contributed by atoms with E-state index in [0.29, 0.717) is 23.6 Å². The van der Waals surface area contributed by atoms with Crippen molar-refractivity contribution in [3.05, 3.63) is 48.0 Å². The fraction of sp³-hybridized carbons (Fsp3) is 0.318. The molecule has 30 heavy (non-hydrogen) atoms. The number of benzene rings is 2. The van der Waals surface area contributed by atoms with Gasteiger partial charge in [0, 0.05) is 5.69 Å². The van der Waals surface area contributed by atoms with Crippen molar-refractivity contribution >= 4 is 50.8 Å². The largest absolute Gasteiger partial charge is 0.493 e. The van der Waals surface area contributed by atoms with E-state index in [1.165, 1.54) is 0 Å². The summed E-state index contributed by atoms with van der Waals surface area (Å²) >= 11 is 3.18. The normalized spacial score (nSPS) is 12.0. The first-order valence-corrected chi connectivity index (χ1v) is 11.7. The summed E-state index contributed by atoms with van der Waals surface area (Å²) in [7, 11) is 0. The highest BCUT2D eigenvalue weighted by Gasteiger charge is 2.26. The summed E-state index contributed by atoms with van der Waals surface area (Å²) in [5.41, 5.74) is 2.00. The van der Waals surface area contributed by atoms with Gasteiger partial charge in [0.05, 0.1) is 22.4 Å². The first-order valence-electron chi connectivity index (χ1n) is 9.71. The summed E-state index contributed by atoms with van der Waals surface area (Å²) in [6.45, 7) is 6.12. The van der Waals surface area contributed by atoms with Crippen LogP contribution in [-0.4, -0.2) is 35.7 Å². The van der Waals surface area contributed by atoms with Crippen LogP contribution in [0.3, 0.4) is 0 Å². The minimum Gasteiger partial charge on any atom is -0.493 e. The molecule has 3 rings (SSSR count). The van der Waals surface area contributed by atoms with E-state index < -0.39 is 6.04 Å². The third-order valence-electron chi connectivity index (χ3n) is 4.48. The number of anilines is 1. The van der Waals surface area contributed by atoms with E-state index in [0.717, 1.165) is 14.6 Å². The van der Waals surface area contributed by atoms with Crippen LogP contribution in [0.2, 0.25) is 0 Å². The molecule has 1 unspecified atom stereocenters. The lowest BCUT2D eigenvalue weighted by molar-refractivity contribution is -0.118. The summed E-state index contributed by atoms with van der Waals surface area (Å²) in [6.07, 6.45) is 1.99. The van der Waals surface area contributed by atoms with Gasteiger partial charge in [-0.15, -0.1) is 11.3 Å². The fourth-order valence-corrected chi connectivity index (χ4v) is 4.51. The Kier molecular flexibility index (Phi) is 7.33. The van der Waals surface area contributed by atoms with E-state index >= 15 is 0 Å². The molecule has 6 nitrogen and oxygen atoms in total. The molecular weight excluding hydrogens is 418 g/mol. The molecule has 3 aromatic rings. The number of amides is 2. The average molecular weight is 444 g/mol. The van der Waals surface area contributed by atoms with Gasteiger partial charge in [-0.2, -0.15) is 0 Å². The number of hydrogen-bond donors (Lipinski definition) is 2. The number of nitrogens with one attached hydrogen (secondary N) is 2. The molecule has 0 saturated carbocycles. The van der Waals surface area contributed by atoms with Crippen molar-refractivity contribution in [1.29, 1.82) is 0 Å². The van der Waals surface area contributed by atoms with Crippen LogP contribution in [0.5, 0.6) is 5.75 Å². The highest BCUT2D eigenvalue weighted by molar-refractivity contribution is 8.00. The van der Waals surface area contributed by atoms with Crippen molar-refractivity contribution in [3.8, 4) is 5.75 Å². The summed E-state index contributed by atoms with van der Waals surface area (Å²) < 4.78 is 7.53. The number of nitrogens with zero attached hydrogens (tertiary/aromatic N) is 1. The maximum Gasteiger partial charge on any atom is 0.255 e. The molecule has 1 atom stereocenters. The molecule has 0 aliphatic carbocycles. The Morgan fingerprint density at radius 1 is 1.20 bits per heavy atom. The van der Waals surface area contributed by atoms with Crippen LogP contribution < -0.4 is 15.4 Å². The third-order valence-corrected chi connectivity index (χ3v) is 6.48. The molecule has 0 aliphatic rings. The number of carbonyl (C=O) groups is 2. The summed E-state index contributed by atoms with van der Waals surface area (Å²) in [6, 6.07) is 12.0. The molecule has 0 saturated heterocycles. The van der Waals surface area contributed by atoms with Crippen LogP contribution in [-0.2, 0) is 4.79 Å². The Hall–Kier alpha value is -2.58. The van der Waals surface area contributed by atoms with Gasteiger partial charge in [0.25, 0.3) is 5.91 Å². The lowest BCUT2D eigenvalue weighted by atomic mass is 10.0. The molecule has 158 valence electrons. The quantitative estimate of drug-likeness (QED) is 0.489. The van der Waals surface area contributed by atoms with E-state index in [-0.39, 0.29) is 17.7 Å². The summed E-state index contributed by atoms with van der Waals surface area (Å²) in [4.78, 5) is 30.3. The van der Waals surface area contributed by atoms with Crippen LogP contribution in [0.4, 0.5) is 5.69 Å². The first kappa shape index (κ1) is 22.1. The molecule has 0 fully saturated rings. The lowest BCUT2D eigenvalue weighted by Gasteiger charge is -2.22. The number of aromatic nitrogens is 1. The van der Waals surface area contributed by atoms with Crippen molar-refractivity contribution in [2.75, 3.05) is 18.2 Å². The van der Waals surface area contributed by atoms with Crippen LogP contribution in [0.25, 0.3) is 10.2 Å². The Morgan fingerprint density at radius 2 is 1.97 bits per heavy atom. The molecule has 1 heterocycles. The van der Waals surface area contributed by atoms with Crippen molar-refractivity contribution < 1.29 is 14.3 Å². The van der Waals surface area contributed by atoms with Gasteiger partial charge in [-0.3, -0.25) is 9.59 Å². The van der Waals surface area contributed by atoms with Gasteiger partial charge in [0.15, 0.2) is 4.34 Å². The van der Waals surface area contributed by atoms with Gasteiger partial charge in [-0.25, -0.2) is 4.98 Å². The second-order valence-corrected chi connectivity index (χ2v) is 9.06. The number of rotatable bonds is 8. The van der Waals surface area contributed by atoms with Gasteiger partial charge in [-0.1, -0.05) is 37.7 Å². The van der Waals surface area contributed by atoms with E-state index in [1.807, 2.05) is 51.3 Å². The number of carbonyl (C=O) groups excluding carboxylic acids is 2. The molecule has 0 spiro atoms. The van der Waals surface area contributed by atoms with Crippen molar-refractivity contribution in [2.24, 2.45) is 5.92 Å². The van der Waals surface area contributed by atoms with Crippen molar-refractivity contribution in [2.45, 2.75) is 31.2 Å². The second kappa shape index (κ2) is 9.95. The monoisotopic (exact) mass is 443 g/mol. The molecule has 8 heteroatoms. The number of thioether (sulfide) groups is 1. The number of ether oxygens (including phenoxy) is 1. The Labute approximate surface area is 184 Å². The van der Waals surface area contributed by atoms with Gasteiger partial charge >= 0.3 is 0 Å². The zero-order valence-electron chi connectivity index (χ0n) is 17.4. The maximum absolute atomic E-state index is 13.0. The van der Waals surface area contributed by atoms with Crippen LogP contribution in [0.1, 0.15) is 31.1 Å². The van der Waals surface area contributed by atoms with Gasteiger partial charge in [0.1, 0.15) is 11.8 Å². The maximum atomic E-state index is 13.0. The molecular formula is C22H25N3O3S2.